The third-order valence-electron chi connectivity index (χ3n) is 1.98. The second kappa shape index (κ2) is 7.72. The molecule has 0 spiro atoms. The topological polar surface area (TPSA) is 46.2 Å². The lowest BCUT2D eigenvalue weighted by Gasteiger charge is -2.16. The Morgan fingerprint density at radius 2 is 2.07 bits per heavy atom. The van der Waals surface area contributed by atoms with Crippen molar-refractivity contribution < 1.29 is 8.42 Å². The van der Waals surface area contributed by atoms with E-state index >= 15 is 0 Å². The zero-order chi connectivity index (χ0) is 11.7. The molecule has 0 aromatic heterocycles. The van der Waals surface area contributed by atoms with E-state index in [0.29, 0.717) is 0 Å². The van der Waals surface area contributed by atoms with Crippen LogP contribution in [0.3, 0.4) is 0 Å². The fourth-order valence-electron chi connectivity index (χ4n) is 1.33. The number of hydrogen-bond acceptors (Lipinski definition) is 3. The van der Waals surface area contributed by atoms with Crippen LogP contribution in [-0.4, -0.2) is 33.0 Å². The van der Waals surface area contributed by atoms with Crippen molar-refractivity contribution in [2.45, 2.75) is 39.2 Å². The predicted molar refractivity (Wildman–Crippen MR) is 64.5 cm³/mol. The molecule has 0 saturated carbocycles. The van der Waals surface area contributed by atoms with Crippen molar-refractivity contribution in [3.8, 4) is 11.8 Å². The van der Waals surface area contributed by atoms with Gasteiger partial charge in [0.1, 0.15) is 9.84 Å². The van der Waals surface area contributed by atoms with E-state index < -0.39 is 9.84 Å². The molecular weight excluding hydrogens is 210 g/mol. The Bertz CT molecular complexity index is 311. The molecule has 0 aromatic carbocycles. The Labute approximate surface area is 93.6 Å². The van der Waals surface area contributed by atoms with Crippen LogP contribution in [0.4, 0.5) is 0 Å². The summed E-state index contributed by atoms with van der Waals surface area (Å²) in [4.78, 5) is 0. The fraction of sp³-hybridized carbons (Fsp3) is 0.818. The Balaban J connectivity index is 4.10. The van der Waals surface area contributed by atoms with E-state index in [-0.39, 0.29) is 11.8 Å². The molecule has 88 valence electrons. The molecule has 0 aliphatic carbocycles. The normalized spacial score (nSPS) is 13.0. The van der Waals surface area contributed by atoms with Crippen molar-refractivity contribution in [3.05, 3.63) is 0 Å². The van der Waals surface area contributed by atoms with Gasteiger partial charge in [-0.05, 0) is 26.3 Å². The summed E-state index contributed by atoms with van der Waals surface area (Å²) in [7, 11) is -2.90. The van der Waals surface area contributed by atoms with Gasteiger partial charge < -0.3 is 5.32 Å². The summed E-state index contributed by atoms with van der Waals surface area (Å²) in [6.45, 7) is 4.72. The van der Waals surface area contributed by atoms with Gasteiger partial charge in [0, 0.05) is 18.7 Å². The minimum Gasteiger partial charge on any atom is -0.313 e. The van der Waals surface area contributed by atoms with Gasteiger partial charge in [-0.2, -0.15) is 0 Å². The van der Waals surface area contributed by atoms with Crippen LogP contribution in [0.15, 0.2) is 0 Å². The average Bonchev–Trinajstić information content (AvgIpc) is 2.12. The molecule has 0 aliphatic rings. The molecule has 4 heteroatoms. The van der Waals surface area contributed by atoms with Crippen LogP contribution in [0.1, 0.15) is 33.1 Å². The highest BCUT2D eigenvalue weighted by Crippen LogP contribution is 2.00. The summed E-state index contributed by atoms with van der Waals surface area (Å²) in [6.07, 6.45) is 3.85. The fourth-order valence-corrected chi connectivity index (χ4v) is 2.35. The summed E-state index contributed by atoms with van der Waals surface area (Å²) in [6, 6.07) is 0.0424. The van der Waals surface area contributed by atoms with Gasteiger partial charge in [0.05, 0.1) is 5.75 Å². The predicted octanol–water partition coefficient (Wildman–Crippen LogP) is 1.20. The molecule has 0 amide bonds. The molecule has 15 heavy (non-hydrogen) atoms. The monoisotopic (exact) mass is 231 g/mol. The maximum absolute atomic E-state index is 11.2. The standard InChI is InChI=1S/C11H21NO2S/c1-4-6-7-8-11(12-9-5-2)10-15(3,13)14/h11-12H,5,7-10H2,1-3H3. The maximum atomic E-state index is 11.2. The molecule has 1 atom stereocenters. The van der Waals surface area contributed by atoms with Crippen molar-refractivity contribution in [1.82, 2.24) is 5.32 Å². The highest BCUT2D eigenvalue weighted by molar-refractivity contribution is 7.90. The molecule has 0 bridgehead atoms. The zero-order valence-electron chi connectivity index (χ0n) is 9.84. The van der Waals surface area contributed by atoms with Gasteiger partial charge in [0.15, 0.2) is 0 Å². The van der Waals surface area contributed by atoms with E-state index in [1.165, 1.54) is 6.26 Å². The van der Waals surface area contributed by atoms with Crippen molar-refractivity contribution in [1.29, 1.82) is 0 Å². The lowest BCUT2D eigenvalue weighted by Crippen LogP contribution is -2.35. The van der Waals surface area contributed by atoms with Crippen molar-refractivity contribution in [2.75, 3.05) is 18.6 Å². The van der Waals surface area contributed by atoms with Gasteiger partial charge in [-0.15, -0.1) is 11.8 Å². The van der Waals surface area contributed by atoms with E-state index in [1.54, 1.807) is 6.92 Å². The van der Waals surface area contributed by atoms with Gasteiger partial charge in [0.2, 0.25) is 0 Å². The minimum atomic E-state index is -2.90. The number of sulfone groups is 1. The van der Waals surface area contributed by atoms with Gasteiger partial charge >= 0.3 is 0 Å². The first-order valence-corrected chi connectivity index (χ1v) is 7.36. The van der Waals surface area contributed by atoms with E-state index in [4.69, 9.17) is 0 Å². The lowest BCUT2D eigenvalue weighted by atomic mass is 10.2. The SMILES string of the molecule is CC#CCCC(CS(C)(=O)=O)NCCC. The smallest absolute Gasteiger partial charge is 0.148 e. The van der Waals surface area contributed by atoms with Gasteiger partial charge in [0.25, 0.3) is 0 Å². The molecule has 0 aliphatic heterocycles. The Kier molecular flexibility index (Phi) is 7.45. The van der Waals surface area contributed by atoms with Crippen LogP contribution < -0.4 is 5.32 Å². The van der Waals surface area contributed by atoms with E-state index in [0.717, 1.165) is 25.8 Å². The largest absolute Gasteiger partial charge is 0.313 e. The summed E-state index contributed by atoms with van der Waals surface area (Å²) >= 11 is 0. The van der Waals surface area contributed by atoms with Crippen molar-refractivity contribution >= 4 is 9.84 Å². The van der Waals surface area contributed by atoms with E-state index in [1.807, 2.05) is 0 Å². The van der Waals surface area contributed by atoms with Crippen LogP contribution in [0.25, 0.3) is 0 Å². The number of hydrogen-bond donors (Lipinski definition) is 1. The third kappa shape index (κ3) is 9.77. The first-order chi connectivity index (χ1) is 6.99. The van der Waals surface area contributed by atoms with E-state index in [9.17, 15) is 8.42 Å². The summed E-state index contributed by atoms with van der Waals surface area (Å²) in [5, 5.41) is 3.24. The maximum Gasteiger partial charge on any atom is 0.148 e. The average molecular weight is 231 g/mol. The van der Waals surface area contributed by atoms with Crippen molar-refractivity contribution in [2.24, 2.45) is 0 Å². The number of nitrogens with one attached hydrogen (secondary N) is 1. The first-order valence-electron chi connectivity index (χ1n) is 5.30. The molecule has 1 unspecified atom stereocenters. The molecule has 3 nitrogen and oxygen atoms in total. The highest BCUT2D eigenvalue weighted by Gasteiger charge is 2.13. The van der Waals surface area contributed by atoms with Gasteiger partial charge in [-0.1, -0.05) is 6.92 Å². The molecule has 0 aromatic rings. The first kappa shape index (κ1) is 14.5. The van der Waals surface area contributed by atoms with Crippen LogP contribution in [0, 0.1) is 11.8 Å². The molecule has 0 heterocycles. The zero-order valence-corrected chi connectivity index (χ0v) is 10.7. The molecular formula is C11H21NO2S. The second-order valence-electron chi connectivity index (χ2n) is 3.71. The van der Waals surface area contributed by atoms with Crippen LogP contribution in [0.5, 0.6) is 0 Å². The Morgan fingerprint density at radius 3 is 2.53 bits per heavy atom. The Morgan fingerprint density at radius 1 is 1.40 bits per heavy atom. The van der Waals surface area contributed by atoms with Crippen LogP contribution in [-0.2, 0) is 9.84 Å². The quantitative estimate of drug-likeness (QED) is 0.670. The highest BCUT2D eigenvalue weighted by atomic mass is 32.2. The number of rotatable bonds is 7. The summed E-state index contributed by atoms with van der Waals surface area (Å²) in [5.74, 6) is 5.98. The second-order valence-corrected chi connectivity index (χ2v) is 5.89. The summed E-state index contributed by atoms with van der Waals surface area (Å²) in [5.41, 5.74) is 0. The van der Waals surface area contributed by atoms with Crippen molar-refractivity contribution in [3.63, 3.8) is 0 Å². The molecule has 0 fully saturated rings. The molecule has 0 radical (unpaired) electrons. The summed E-state index contributed by atoms with van der Waals surface area (Å²) < 4.78 is 22.3. The molecule has 0 rings (SSSR count). The van der Waals surface area contributed by atoms with E-state index in [2.05, 4.69) is 24.1 Å². The molecule has 0 saturated heterocycles. The minimum absolute atomic E-state index is 0.0424. The van der Waals surface area contributed by atoms with Crippen LogP contribution >= 0.6 is 0 Å². The van der Waals surface area contributed by atoms with Gasteiger partial charge in [-0.25, -0.2) is 8.42 Å². The molecule has 1 N–H and O–H groups in total. The lowest BCUT2D eigenvalue weighted by molar-refractivity contribution is 0.511. The Hall–Kier alpha value is -0.530. The van der Waals surface area contributed by atoms with Crippen LogP contribution in [0.2, 0.25) is 0 Å². The third-order valence-corrected chi connectivity index (χ3v) is 2.99. The van der Waals surface area contributed by atoms with Gasteiger partial charge in [-0.3, -0.25) is 0 Å².